The molecule has 0 spiro atoms. The van der Waals surface area contributed by atoms with Gasteiger partial charge in [0, 0.05) is 37.4 Å². The number of rotatable bonds is 4. The molecule has 0 aliphatic carbocycles. The van der Waals surface area contributed by atoms with E-state index in [1.54, 1.807) is 17.6 Å². The first kappa shape index (κ1) is 18.2. The summed E-state index contributed by atoms with van der Waals surface area (Å²) in [5.74, 6) is 0.394. The number of sulfonamides is 1. The highest BCUT2D eigenvalue weighted by atomic mass is 35.5. The van der Waals surface area contributed by atoms with E-state index >= 15 is 0 Å². The average molecular weight is 411 g/mol. The number of hydrogen-bond acceptors (Lipinski definition) is 6. The third kappa shape index (κ3) is 3.07. The molecular weight excluding hydrogens is 392 g/mol. The van der Waals surface area contributed by atoms with Crippen LogP contribution in [0.25, 0.3) is 5.65 Å². The number of aryl methyl sites for hydroxylation is 1. The van der Waals surface area contributed by atoms with Gasteiger partial charge in [-0.25, -0.2) is 22.6 Å². The number of ether oxygens (including phenoxy) is 1. The largest absolute Gasteiger partial charge is 0.480 e. The number of methoxy groups -OCH3 is 1. The molecule has 0 N–H and O–H groups in total. The third-order valence-electron chi connectivity index (χ3n) is 4.95. The lowest BCUT2D eigenvalue weighted by atomic mass is 9.91. The molecule has 1 saturated heterocycles. The molecule has 3 aromatic rings. The fourth-order valence-corrected chi connectivity index (χ4v) is 5.40. The lowest BCUT2D eigenvalue weighted by Gasteiger charge is -2.31. The highest BCUT2D eigenvalue weighted by molar-refractivity contribution is 7.89. The lowest BCUT2D eigenvalue weighted by Crippen LogP contribution is -2.38. The summed E-state index contributed by atoms with van der Waals surface area (Å²) in [5.41, 5.74) is 1.65. The van der Waals surface area contributed by atoms with Gasteiger partial charge in [-0.3, -0.25) is 0 Å². The van der Waals surface area contributed by atoms with Crippen molar-refractivity contribution in [1.29, 1.82) is 0 Å². The van der Waals surface area contributed by atoms with Crippen LogP contribution in [0.3, 0.4) is 0 Å². The number of halogens is 1. The molecule has 0 bridgehead atoms. The van der Waals surface area contributed by atoms with Crippen molar-refractivity contribution in [3.8, 4) is 5.88 Å². The van der Waals surface area contributed by atoms with Crippen molar-refractivity contribution in [2.45, 2.75) is 23.7 Å². The van der Waals surface area contributed by atoms with Gasteiger partial charge in [-0.15, -0.1) is 0 Å². The van der Waals surface area contributed by atoms with E-state index in [2.05, 4.69) is 15.2 Å². The molecular formula is C16H19ClN6O3S. The molecule has 0 amide bonds. The Morgan fingerprint density at radius 3 is 2.70 bits per heavy atom. The molecule has 0 unspecified atom stereocenters. The Morgan fingerprint density at radius 1 is 1.26 bits per heavy atom. The molecule has 0 atom stereocenters. The molecule has 3 aromatic heterocycles. The normalized spacial score (nSPS) is 16.9. The maximum Gasteiger partial charge on any atom is 0.250 e. The Labute approximate surface area is 161 Å². The maximum atomic E-state index is 13.0. The summed E-state index contributed by atoms with van der Waals surface area (Å²) in [7, 11) is -0.581. The number of pyridine rings is 1. The molecule has 1 fully saturated rings. The first-order valence-electron chi connectivity index (χ1n) is 8.46. The van der Waals surface area contributed by atoms with Crippen molar-refractivity contribution in [2.24, 2.45) is 7.05 Å². The van der Waals surface area contributed by atoms with Crippen molar-refractivity contribution in [3.63, 3.8) is 0 Å². The first-order valence-corrected chi connectivity index (χ1v) is 10.3. The zero-order valence-corrected chi connectivity index (χ0v) is 16.5. The van der Waals surface area contributed by atoms with Crippen molar-refractivity contribution in [3.05, 3.63) is 35.4 Å². The molecule has 0 saturated carbocycles. The Bertz CT molecular complexity index is 1080. The fraction of sp³-hybridized carbons (Fsp3) is 0.438. The SMILES string of the molecule is COc1c(S(=O)(=O)N2CCC(c3cn4ncnc4cc3Cl)CC2)cnn1C. The second-order valence-electron chi connectivity index (χ2n) is 6.46. The molecule has 11 heteroatoms. The summed E-state index contributed by atoms with van der Waals surface area (Å²) in [6, 6.07) is 1.79. The van der Waals surface area contributed by atoms with Gasteiger partial charge in [0.1, 0.15) is 6.33 Å². The average Bonchev–Trinajstić information content (AvgIpc) is 3.26. The van der Waals surface area contributed by atoms with Gasteiger partial charge in [-0.2, -0.15) is 14.5 Å². The fourth-order valence-electron chi connectivity index (χ4n) is 3.51. The lowest BCUT2D eigenvalue weighted by molar-refractivity contribution is 0.315. The second kappa shape index (κ2) is 6.77. The molecule has 27 heavy (non-hydrogen) atoms. The topological polar surface area (TPSA) is 94.6 Å². The van der Waals surface area contributed by atoms with Gasteiger partial charge in [0.25, 0.3) is 0 Å². The van der Waals surface area contributed by atoms with Gasteiger partial charge in [0.15, 0.2) is 10.5 Å². The van der Waals surface area contributed by atoms with Gasteiger partial charge in [0.05, 0.1) is 13.3 Å². The molecule has 1 aliphatic rings. The smallest absolute Gasteiger partial charge is 0.250 e. The van der Waals surface area contributed by atoms with E-state index in [1.807, 2.05) is 6.20 Å². The zero-order valence-electron chi connectivity index (χ0n) is 14.9. The molecule has 4 heterocycles. The van der Waals surface area contributed by atoms with Gasteiger partial charge in [-0.1, -0.05) is 11.6 Å². The predicted octanol–water partition coefficient (Wildman–Crippen LogP) is 1.69. The number of piperidine rings is 1. The first-order chi connectivity index (χ1) is 12.9. The van der Waals surface area contributed by atoms with Crippen molar-refractivity contribution < 1.29 is 13.2 Å². The van der Waals surface area contributed by atoms with Gasteiger partial charge < -0.3 is 4.74 Å². The molecule has 0 radical (unpaired) electrons. The zero-order chi connectivity index (χ0) is 19.2. The van der Waals surface area contributed by atoms with Crippen LogP contribution in [0.5, 0.6) is 5.88 Å². The van der Waals surface area contributed by atoms with Crippen LogP contribution in [0.15, 0.2) is 29.7 Å². The molecule has 4 rings (SSSR count). The van der Waals surface area contributed by atoms with E-state index in [0.717, 1.165) is 5.56 Å². The van der Waals surface area contributed by atoms with Crippen LogP contribution in [0, 0.1) is 0 Å². The number of nitrogens with zero attached hydrogens (tertiary/aromatic N) is 6. The second-order valence-corrected chi connectivity index (χ2v) is 8.77. The maximum absolute atomic E-state index is 13.0. The van der Waals surface area contributed by atoms with Crippen LogP contribution in [-0.4, -0.2) is 57.3 Å². The minimum absolute atomic E-state index is 0.0908. The van der Waals surface area contributed by atoms with Crippen LogP contribution in [0.1, 0.15) is 24.3 Å². The van der Waals surface area contributed by atoms with E-state index in [-0.39, 0.29) is 16.7 Å². The van der Waals surface area contributed by atoms with E-state index in [0.29, 0.717) is 36.6 Å². The summed E-state index contributed by atoms with van der Waals surface area (Å²) in [6.45, 7) is 0.799. The van der Waals surface area contributed by atoms with E-state index < -0.39 is 10.0 Å². The quantitative estimate of drug-likeness (QED) is 0.649. The van der Waals surface area contributed by atoms with E-state index in [1.165, 1.54) is 28.6 Å². The number of hydrogen-bond donors (Lipinski definition) is 0. The minimum Gasteiger partial charge on any atom is -0.480 e. The minimum atomic E-state index is -3.66. The molecule has 0 aromatic carbocycles. The monoisotopic (exact) mass is 410 g/mol. The van der Waals surface area contributed by atoms with Gasteiger partial charge in [0.2, 0.25) is 15.9 Å². The van der Waals surface area contributed by atoms with Crippen molar-refractivity contribution >= 4 is 27.3 Å². The Kier molecular flexibility index (Phi) is 4.57. The highest BCUT2D eigenvalue weighted by Crippen LogP contribution is 2.35. The molecule has 9 nitrogen and oxygen atoms in total. The summed E-state index contributed by atoms with van der Waals surface area (Å²) < 4.78 is 35.7. The van der Waals surface area contributed by atoms with Crippen LogP contribution < -0.4 is 4.74 Å². The summed E-state index contributed by atoms with van der Waals surface area (Å²) in [5, 5.41) is 8.78. The van der Waals surface area contributed by atoms with Crippen LogP contribution in [0.2, 0.25) is 5.02 Å². The third-order valence-corrected chi connectivity index (χ3v) is 7.16. The summed E-state index contributed by atoms with van der Waals surface area (Å²) in [6.07, 6.45) is 6.02. The standard InChI is InChI=1S/C16H19ClN6O3S/c1-21-16(26-2)14(8-19-21)27(24,25)22-5-3-11(4-6-22)12-9-23-15(7-13(12)17)18-10-20-23/h7-11H,3-6H2,1-2H3. The molecule has 1 aliphatic heterocycles. The van der Waals surface area contributed by atoms with Crippen LogP contribution in [-0.2, 0) is 17.1 Å². The van der Waals surface area contributed by atoms with E-state index in [9.17, 15) is 8.42 Å². The van der Waals surface area contributed by atoms with Crippen molar-refractivity contribution in [1.82, 2.24) is 28.7 Å². The van der Waals surface area contributed by atoms with E-state index in [4.69, 9.17) is 16.3 Å². The highest BCUT2D eigenvalue weighted by Gasteiger charge is 2.34. The summed E-state index contributed by atoms with van der Waals surface area (Å²) >= 11 is 6.42. The van der Waals surface area contributed by atoms with Gasteiger partial charge in [-0.05, 0) is 24.3 Å². The Hall–Kier alpha value is -2.17. The molecule has 144 valence electrons. The predicted molar refractivity (Wildman–Crippen MR) is 98.5 cm³/mol. The Balaban J connectivity index is 1.55. The summed E-state index contributed by atoms with van der Waals surface area (Å²) in [4.78, 5) is 4.21. The number of fused-ring (bicyclic) bond motifs is 1. The number of aromatic nitrogens is 5. The van der Waals surface area contributed by atoms with Gasteiger partial charge >= 0.3 is 0 Å². The Morgan fingerprint density at radius 2 is 2.00 bits per heavy atom. The van der Waals surface area contributed by atoms with Crippen LogP contribution in [0.4, 0.5) is 0 Å². The van der Waals surface area contributed by atoms with Crippen molar-refractivity contribution in [2.75, 3.05) is 20.2 Å². The van der Waals surface area contributed by atoms with Crippen LogP contribution >= 0.6 is 11.6 Å².